The lowest BCUT2D eigenvalue weighted by Crippen LogP contribution is -2.26. The number of halogens is 1. The number of benzene rings is 1. The molecule has 0 amide bonds. The standard InChI is InChI=1S/C14H20FNS2/c1-2-17-8-3-7-16-13-6-9-18-14-5-4-11(15)10-12(13)14/h4-5,10,13,16H,2-3,6-9H2,1H3. The topological polar surface area (TPSA) is 12.0 Å². The minimum atomic E-state index is -0.121. The Labute approximate surface area is 117 Å². The van der Waals surface area contributed by atoms with Crippen LogP contribution in [0.25, 0.3) is 0 Å². The maximum atomic E-state index is 13.3. The first-order valence-electron chi connectivity index (χ1n) is 6.54. The monoisotopic (exact) mass is 285 g/mol. The van der Waals surface area contributed by atoms with Crippen LogP contribution >= 0.6 is 23.5 Å². The van der Waals surface area contributed by atoms with Gasteiger partial charge in [0.25, 0.3) is 0 Å². The zero-order valence-electron chi connectivity index (χ0n) is 10.7. The Bertz CT molecular complexity index is 384. The molecule has 2 rings (SSSR count). The fourth-order valence-corrected chi connectivity index (χ4v) is 3.91. The molecule has 0 saturated carbocycles. The minimum Gasteiger partial charge on any atom is -0.310 e. The first-order chi connectivity index (χ1) is 8.81. The Morgan fingerprint density at radius 2 is 2.39 bits per heavy atom. The Morgan fingerprint density at radius 1 is 1.50 bits per heavy atom. The molecule has 0 radical (unpaired) electrons. The van der Waals surface area contributed by atoms with Crippen LogP contribution in [0.2, 0.25) is 0 Å². The largest absolute Gasteiger partial charge is 0.310 e. The average molecular weight is 285 g/mol. The summed E-state index contributed by atoms with van der Waals surface area (Å²) in [6.45, 7) is 3.22. The van der Waals surface area contributed by atoms with Crippen molar-refractivity contribution in [2.75, 3.05) is 23.8 Å². The Morgan fingerprint density at radius 3 is 3.22 bits per heavy atom. The van der Waals surface area contributed by atoms with Crippen molar-refractivity contribution in [1.29, 1.82) is 0 Å². The number of thioether (sulfide) groups is 2. The smallest absolute Gasteiger partial charge is 0.123 e. The molecule has 0 aliphatic carbocycles. The van der Waals surface area contributed by atoms with Crippen LogP contribution in [0.15, 0.2) is 23.1 Å². The van der Waals surface area contributed by atoms with Crippen molar-refractivity contribution in [3.05, 3.63) is 29.6 Å². The van der Waals surface area contributed by atoms with Gasteiger partial charge in [0.2, 0.25) is 0 Å². The summed E-state index contributed by atoms with van der Waals surface area (Å²) >= 11 is 3.82. The SMILES string of the molecule is CCSCCCNC1CCSc2ccc(F)cc21. The maximum absolute atomic E-state index is 13.3. The lowest BCUT2D eigenvalue weighted by atomic mass is 10.0. The third-order valence-electron chi connectivity index (χ3n) is 3.07. The van der Waals surface area contributed by atoms with Gasteiger partial charge in [-0.2, -0.15) is 11.8 Å². The van der Waals surface area contributed by atoms with E-state index in [-0.39, 0.29) is 5.82 Å². The van der Waals surface area contributed by atoms with Crippen molar-refractivity contribution >= 4 is 23.5 Å². The quantitative estimate of drug-likeness (QED) is 0.791. The van der Waals surface area contributed by atoms with E-state index >= 15 is 0 Å². The van der Waals surface area contributed by atoms with E-state index in [4.69, 9.17) is 0 Å². The number of nitrogens with one attached hydrogen (secondary N) is 1. The Kier molecular flexibility index (Phi) is 5.86. The van der Waals surface area contributed by atoms with Gasteiger partial charge in [-0.05, 0) is 60.4 Å². The van der Waals surface area contributed by atoms with Gasteiger partial charge in [0.05, 0.1) is 0 Å². The molecule has 18 heavy (non-hydrogen) atoms. The van der Waals surface area contributed by atoms with Crippen molar-refractivity contribution < 1.29 is 4.39 Å². The first kappa shape index (κ1) is 14.2. The van der Waals surface area contributed by atoms with E-state index in [0.29, 0.717) is 6.04 Å². The molecule has 4 heteroatoms. The lowest BCUT2D eigenvalue weighted by Gasteiger charge is -2.26. The molecule has 0 spiro atoms. The second kappa shape index (κ2) is 7.41. The fraction of sp³-hybridized carbons (Fsp3) is 0.571. The van der Waals surface area contributed by atoms with E-state index in [1.165, 1.54) is 22.8 Å². The number of rotatable bonds is 6. The second-order valence-corrected chi connectivity index (χ2v) is 6.91. The highest BCUT2D eigenvalue weighted by atomic mass is 32.2. The number of hydrogen-bond acceptors (Lipinski definition) is 3. The van der Waals surface area contributed by atoms with Crippen LogP contribution in [-0.4, -0.2) is 23.8 Å². The molecule has 1 aromatic rings. The molecule has 1 aliphatic rings. The molecular formula is C14H20FNS2. The summed E-state index contributed by atoms with van der Waals surface area (Å²) in [5, 5.41) is 3.57. The molecule has 0 saturated heterocycles. The normalized spacial score (nSPS) is 18.7. The van der Waals surface area contributed by atoms with Gasteiger partial charge < -0.3 is 5.32 Å². The molecule has 0 aromatic heterocycles. The molecule has 1 heterocycles. The first-order valence-corrected chi connectivity index (χ1v) is 8.68. The van der Waals surface area contributed by atoms with Crippen molar-refractivity contribution in [3.63, 3.8) is 0 Å². The van der Waals surface area contributed by atoms with E-state index < -0.39 is 0 Å². The van der Waals surface area contributed by atoms with E-state index in [0.717, 1.165) is 24.3 Å². The summed E-state index contributed by atoms with van der Waals surface area (Å²) in [4.78, 5) is 1.24. The maximum Gasteiger partial charge on any atom is 0.123 e. The minimum absolute atomic E-state index is 0.121. The molecule has 1 unspecified atom stereocenters. The fourth-order valence-electron chi connectivity index (χ4n) is 2.17. The van der Waals surface area contributed by atoms with Crippen LogP contribution in [-0.2, 0) is 0 Å². The van der Waals surface area contributed by atoms with Crippen LogP contribution < -0.4 is 5.32 Å². The van der Waals surface area contributed by atoms with Crippen molar-refractivity contribution in [3.8, 4) is 0 Å². The summed E-state index contributed by atoms with van der Waals surface area (Å²) in [7, 11) is 0. The predicted molar refractivity (Wildman–Crippen MR) is 80.1 cm³/mol. The average Bonchev–Trinajstić information content (AvgIpc) is 2.39. The molecular weight excluding hydrogens is 265 g/mol. The molecule has 1 aromatic carbocycles. The molecule has 1 N–H and O–H groups in total. The summed E-state index contributed by atoms with van der Waals surface area (Å²) in [6, 6.07) is 5.51. The molecule has 1 atom stereocenters. The molecule has 100 valence electrons. The number of hydrogen-bond donors (Lipinski definition) is 1. The van der Waals surface area contributed by atoms with Crippen LogP contribution in [0.4, 0.5) is 4.39 Å². The van der Waals surface area contributed by atoms with Crippen LogP contribution in [0, 0.1) is 5.82 Å². The van der Waals surface area contributed by atoms with Gasteiger partial charge in [-0.25, -0.2) is 4.39 Å². The molecule has 0 fully saturated rings. The molecule has 1 nitrogen and oxygen atoms in total. The summed E-state index contributed by atoms with van der Waals surface area (Å²) in [5.41, 5.74) is 1.15. The van der Waals surface area contributed by atoms with Gasteiger partial charge in [0.1, 0.15) is 5.82 Å². The van der Waals surface area contributed by atoms with Gasteiger partial charge in [-0.15, -0.1) is 11.8 Å². The van der Waals surface area contributed by atoms with Gasteiger partial charge in [-0.3, -0.25) is 0 Å². The summed E-state index contributed by atoms with van der Waals surface area (Å²) < 4.78 is 13.3. The van der Waals surface area contributed by atoms with Gasteiger partial charge in [0, 0.05) is 10.9 Å². The van der Waals surface area contributed by atoms with Crippen LogP contribution in [0.1, 0.15) is 31.4 Å². The van der Waals surface area contributed by atoms with Crippen molar-refractivity contribution in [2.24, 2.45) is 0 Å². The van der Waals surface area contributed by atoms with E-state index in [9.17, 15) is 4.39 Å². The highest BCUT2D eigenvalue weighted by Crippen LogP contribution is 2.36. The third-order valence-corrected chi connectivity index (χ3v) is 5.18. The summed E-state index contributed by atoms with van der Waals surface area (Å²) in [5.74, 6) is 3.40. The van der Waals surface area contributed by atoms with Crippen molar-refractivity contribution in [1.82, 2.24) is 5.32 Å². The lowest BCUT2D eigenvalue weighted by molar-refractivity contribution is 0.505. The van der Waals surface area contributed by atoms with Crippen LogP contribution in [0.5, 0.6) is 0 Å². The van der Waals surface area contributed by atoms with Gasteiger partial charge in [-0.1, -0.05) is 6.92 Å². The summed E-state index contributed by atoms with van der Waals surface area (Å²) in [6.07, 6.45) is 2.29. The van der Waals surface area contributed by atoms with Crippen molar-refractivity contribution in [2.45, 2.75) is 30.7 Å². The van der Waals surface area contributed by atoms with Gasteiger partial charge >= 0.3 is 0 Å². The van der Waals surface area contributed by atoms with Gasteiger partial charge in [0.15, 0.2) is 0 Å². The molecule has 1 aliphatic heterocycles. The highest BCUT2D eigenvalue weighted by molar-refractivity contribution is 7.99. The van der Waals surface area contributed by atoms with Crippen LogP contribution in [0.3, 0.4) is 0 Å². The number of fused-ring (bicyclic) bond motifs is 1. The predicted octanol–water partition coefficient (Wildman–Crippen LogP) is 4.10. The zero-order valence-corrected chi connectivity index (χ0v) is 12.4. The molecule has 0 bridgehead atoms. The third kappa shape index (κ3) is 3.90. The zero-order chi connectivity index (χ0) is 12.8. The Hall–Kier alpha value is -0.190. The van der Waals surface area contributed by atoms with E-state index in [2.05, 4.69) is 12.2 Å². The second-order valence-electron chi connectivity index (χ2n) is 4.38. The van der Waals surface area contributed by atoms with E-state index in [1.807, 2.05) is 29.6 Å². The Balaban J connectivity index is 1.89. The highest BCUT2D eigenvalue weighted by Gasteiger charge is 2.20. The van der Waals surface area contributed by atoms with E-state index in [1.54, 1.807) is 12.1 Å².